The van der Waals surface area contributed by atoms with Crippen molar-refractivity contribution in [2.45, 2.75) is 31.7 Å². The highest BCUT2D eigenvalue weighted by atomic mass is 15.1. The molecule has 1 saturated carbocycles. The highest BCUT2D eigenvalue weighted by Crippen LogP contribution is 2.26. The predicted molar refractivity (Wildman–Crippen MR) is 66.7 cm³/mol. The van der Waals surface area contributed by atoms with Crippen LogP contribution in [0.2, 0.25) is 0 Å². The first-order valence-corrected chi connectivity index (χ1v) is 6.06. The van der Waals surface area contributed by atoms with Gasteiger partial charge in [-0.3, -0.25) is 0 Å². The van der Waals surface area contributed by atoms with Crippen LogP contribution >= 0.6 is 0 Å². The van der Waals surface area contributed by atoms with E-state index in [4.69, 9.17) is 0 Å². The van der Waals surface area contributed by atoms with Crippen LogP contribution in [0.1, 0.15) is 25.7 Å². The normalized spacial score (nSPS) is 27.7. The van der Waals surface area contributed by atoms with E-state index >= 15 is 0 Å². The quantitative estimate of drug-likeness (QED) is 0.696. The highest BCUT2D eigenvalue weighted by molar-refractivity contribution is 5.61. The number of nitrogens with zero attached hydrogens (tertiary/aromatic N) is 2. The van der Waals surface area contributed by atoms with Gasteiger partial charge in [-0.15, -0.1) is 0 Å². The molecule has 0 radical (unpaired) electrons. The summed E-state index contributed by atoms with van der Waals surface area (Å²) in [5, 5.41) is 3.21. The van der Waals surface area contributed by atoms with E-state index in [1.807, 2.05) is 14.1 Å². The number of aliphatic imine (C=N–C) groups is 1. The number of hydrogen-bond donors (Lipinski definition) is 1. The number of likely N-dealkylation sites (N-methyl/N-ethyl adjacent to an activating group) is 2. The number of nitrogens with one attached hydrogen (secondary N) is 1. The number of rotatable bonds is 5. The average Bonchev–Trinajstić information content (AvgIpc) is 2.27. The molecule has 15 heavy (non-hydrogen) atoms. The van der Waals surface area contributed by atoms with Gasteiger partial charge in [0.1, 0.15) is 0 Å². The Bertz CT molecular complexity index is 191. The lowest BCUT2D eigenvalue weighted by atomic mass is 9.84. The molecule has 0 saturated heterocycles. The minimum absolute atomic E-state index is 0.672. The molecule has 1 rings (SSSR count). The van der Waals surface area contributed by atoms with E-state index in [-0.39, 0.29) is 0 Å². The minimum atomic E-state index is 0.672. The van der Waals surface area contributed by atoms with Gasteiger partial charge in [-0.1, -0.05) is 12.8 Å². The lowest BCUT2D eigenvalue weighted by molar-refractivity contribution is 0.166. The van der Waals surface area contributed by atoms with E-state index in [0.29, 0.717) is 12.0 Å². The predicted octanol–water partition coefficient (Wildman–Crippen LogP) is 1.40. The van der Waals surface area contributed by atoms with Crippen molar-refractivity contribution in [2.24, 2.45) is 10.9 Å². The molecule has 0 bridgehead atoms. The van der Waals surface area contributed by atoms with Crippen LogP contribution in [0.3, 0.4) is 0 Å². The van der Waals surface area contributed by atoms with Gasteiger partial charge in [0.25, 0.3) is 0 Å². The van der Waals surface area contributed by atoms with Crippen LogP contribution in [0.5, 0.6) is 0 Å². The van der Waals surface area contributed by atoms with Crippen molar-refractivity contribution in [3.05, 3.63) is 0 Å². The van der Waals surface area contributed by atoms with Gasteiger partial charge in [0.2, 0.25) is 0 Å². The molecule has 0 aromatic carbocycles. The second-order valence-electron chi connectivity index (χ2n) is 4.51. The molecular weight excluding hydrogens is 186 g/mol. The van der Waals surface area contributed by atoms with Gasteiger partial charge >= 0.3 is 0 Å². The third-order valence-corrected chi connectivity index (χ3v) is 3.40. The maximum atomic E-state index is 4.20. The van der Waals surface area contributed by atoms with E-state index in [1.54, 1.807) is 0 Å². The summed E-state index contributed by atoms with van der Waals surface area (Å²) in [6, 6.07) is 0.704. The van der Waals surface area contributed by atoms with E-state index in [2.05, 4.69) is 28.5 Å². The minimum Gasteiger partial charge on any atom is -0.318 e. The van der Waals surface area contributed by atoms with Crippen LogP contribution in [-0.4, -0.2) is 51.4 Å². The van der Waals surface area contributed by atoms with Crippen molar-refractivity contribution in [1.29, 1.82) is 0 Å². The summed E-state index contributed by atoms with van der Waals surface area (Å²) >= 11 is 0. The Morgan fingerprint density at radius 3 is 2.80 bits per heavy atom. The highest BCUT2D eigenvalue weighted by Gasteiger charge is 2.26. The molecule has 1 unspecified atom stereocenters. The van der Waals surface area contributed by atoms with Crippen LogP contribution in [0, 0.1) is 5.92 Å². The molecule has 0 amide bonds. The molecule has 1 aliphatic rings. The largest absolute Gasteiger partial charge is 0.318 e. The summed E-state index contributed by atoms with van der Waals surface area (Å²) in [5.74, 6) is 0.672. The fourth-order valence-corrected chi connectivity index (χ4v) is 2.51. The second-order valence-corrected chi connectivity index (χ2v) is 4.51. The zero-order valence-corrected chi connectivity index (χ0v) is 10.4. The van der Waals surface area contributed by atoms with Crippen molar-refractivity contribution in [3.63, 3.8) is 0 Å². The van der Waals surface area contributed by atoms with Crippen LogP contribution in [0.15, 0.2) is 4.99 Å². The van der Waals surface area contributed by atoms with Gasteiger partial charge in [-0.2, -0.15) is 0 Å². The van der Waals surface area contributed by atoms with Crippen LogP contribution < -0.4 is 5.32 Å². The summed E-state index contributed by atoms with van der Waals surface area (Å²) in [7, 11) is 6.14. The molecular formula is C12H25N3. The van der Waals surface area contributed by atoms with Crippen LogP contribution in [0.4, 0.5) is 0 Å². The maximum Gasteiger partial charge on any atom is 0.0273 e. The summed E-state index contributed by atoms with van der Waals surface area (Å²) in [6.45, 7) is 2.21. The molecule has 1 fully saturated rings. The van der Waals surface area contributed by atoms with Crippen molar-refractivity contribution in [1.82, 2.24) is 10.2 Å². The molecule has 1 N–H and O–H groups in total. The first-order chi connectivity index (χ1) is 7.29. The molecule has 2 atom stereocenters. The smallest absolute Gasteiger partial charge is 0.0273 e. The van der Waals surface area contributed by atoms with Gasteiger partial charge < -0.3 is 15.2 Å². The van der Waals surface area contributed by atoms with Crippen molar-refractivity contribution < 1.29 is 0 Å². The Morgan fingerprint density at radius 1 is 1.40 bits per heavy atom. The van der Waals surface area contributed by atoms with Crippen molar-refractivity contribution in [2.75, 3.05) is 34.2 Å². The fourth-order valence-electron chi connectivity index (χ4n) is 2.51. The summed E-state index contributed by atoms with van der Waals surface area (Å²) in [4.78, 5) is 6.69. The zero-order chi connectivity index (χ0) is 11.1. The van der Waals surface area contributed by atoms with Crippen LogP contribution in [-0.2, 0) is 0 Å². The van der Waals surface area contributed by atoms with Gasteiger partial charge in [-0.05, 0) is 26.9 Å². The molecule has 0 aliphatic heterocycles. The standard InChI is InChI=1S/C12H25N3/c1-13-8-9-15(3)12-7-5-4-6-11(12)10-14-2/h10-13H,4-9H2,1-3H3/t11?,12-/m0/s1. The van der Waals surface area contributed by atoms with Crippen LogP contribution in [0.25, 0.3) is 0 Å². The topological polar surface area (TPSA) is 27.6 Å². The molecule has 0 aromatic heterocycles. The van der Waals surface area contributed by atoms with E-state index in [0.717, 1.165) is 13.1 Å². The maximum absolute atomic E-state index is 4.20. The molecule has 88 valence electrons. The average molecular weight is 211 g/mol. The van der Waals surface area contributed by atoms with Crippen molar-refractivity contribution in [3.8, 4) is 0 Å². The Morgan fingerprint density at radius 2 is 2.13 bits per heavy atom. The molecule has 0 heterocycles. The fraction of sp³-hybridized carbons (Fsp3) is 0.917. The number of hydrogen-bond acceptors (Lipinski definition) is 3. The van der Waals surface area contributed by atoms with Gasteiger partial charge in [0, 0.05) is 38.3 Å². The Hall–Kier alpha value is -0.410. The monoisotopic (exact) mass is 211 g/mol. The Balaban J connectivity index is 2.47. The second kappa shape index (κ2) is 6.96. The molecule has 1 aliphatic carbocycles. The van der Waals surface area contributed by atoms with Gasteiger partial charge in [0.05, 0.1) is 0 Å². The molecule has 3 nitrogen and oxygen atoms in total. The lowest BCUT2D eigenvalue weighted by Gasteiger charge is -2.36. The SMILES string of the molecule is CN=CC1CCCC[C@@H]1N(C)CCNC. The van der Waals surface area contributed by atoms with Crippen molar-refractivity contribution >= 4 is 6.21 Å². The molecule has 0 spiro atoms. The third kappa shape index (κ3) is 3.92. The van der Waals surface area contributed by atoms with E-state index in [9.17, 15) is 0 Å². The molecule has 0 aromatic rings. The lowest BCUT2D eigenvalue weighted by Crippen LogP contribution is -2.43. The molecule has 3 heteroatoms. The first kappa shape index (κ1) is 12.7. The Kier molecular flexibility index (Phi) is 5.88. The summed E-state index contributed by atoms with van der Waals surface area (Å²) < 4.78 is 0. The first-order valence-electron chi connectivity index (χ1n) is 6.06. The van der Waals surface area contributed by atoms with E-state index < -0.39 is 0 Å². The van der Waals surface area contributed by atoms with E-state index in [1.165, 1.54) is 25.7 Å². The summed E-state index contributed by atoms with van der Waals surface area (Å²) in [5.41, 5.74) is 0. The Labute approximate surface area is 94.0 Å². The summed E-state index contributed by atoms with van der Waals surface area (Å²) in [6.07, 6.45) is 7.54. The van der Waals surface area contributed by atoms with Gasteiger partial charge in [-0.25, -0.2) is 0 Å². The zero-order valence-electron chi connectivity index (χ0n) is 10.4. The van der Waals surface area contributed by atoms with Gasteiger partial charge in [0.15, 0.2) is 0 Å². The third-order valence-electron chi connectivity index (χ3n) is 3.40.